The highest BCUT2D eigenvalue weighted by Crippen LogP contribution is 2.21. The zero-order valence-corrected chi connectivity index (χ0v) is 7.95. The number of aliphatic hydroxyl groups excluding tert-OH is 1. The molecule has 1 fully saturated rings. The van der Waals surface area contributed by atoms with Gasteiger partial charge in [-0.3, -0.25) is 0 Å². The summed E-state index contributed by atoms with van der Waals surface area (Å²) in [6.45, 7) is 5.13. The van der Waals surface area contributed by atoms with E-state index in [1.54, 1.807) is 6.92 Å². The first-order valence-corrected chi connectivity index (χ1v) is 4.64. The molecule has 2 unspecified atom stereocenters. The summed E-state index contributed by atoms with van der Waals surface area (Å²) in [5, 5.41) is 9.32. The van der Waals surface area contributed by atoms with Crippen molar-refractivity contribution in [3.8, 4) is 0 Å². The van der Waals surface area contributed by atoms with Crippen molar-refractivity contribution >= 4 is 5.97 Å². The highest BCUT2D eigenvalue weighted by molar-refractivity contribution is 5.87. The standard InChI is InChI=1S/C10H16O3/c1-7(2)10(12)13-9-5-3-4-8(11)6-9/h8-9,11H,1,3-6H2,2H3. The Balaban J connectivity index is 2.36. The van der Waals surface area contributed by atoms with Gasteiger partial charge in [0.15, 0.2) is 0 Å². The van der Waals surface area contributed by atoms with Crippen molar-refractivity contribution in [2.75, 3.05) is 0 Å². The molecule has 1 N–H and O–H groups in total. The first kappa shape index (κ1) is 10.3. The van der Waals surface area contributed by atoms with Crippen molar-refractivity contribution in [3.63, 3.8) is 0 Å². The van der Waals surface area contributed by atoms with Crippen LogP contribution in [0.15, 0.2) is 12.2 Å². The number of carbonyl (C=O) groups is 1. The van der Waals surface area contributed by atoms with E-state index in [9.17, 15) is 9.90 Å². The van der Waals surface area contributed by atoms with Gasteiger partial charge in [0, 0.05) is 12.0 Å². The molecule has 3 nitrogen and oxygen atoms in total. The van der Waals surface area contributed by atoms with Crippen LogP contribution in [0.5, 0.6) is 0 Å². The van der Waals surface area contributed by atoms with Crippen LogP contribution in [0.2, 0.25) is 0 Å². The average Bonchev–Trinajstić information content (AvgIpc) is 2.04. The second-order valence-electron chi connectivity index (χ2n) is 3.63. The second kappa shape index (κ2) is 4.42. The van der Waals surface area contributed by atoms with Crippen LogP contribution >= 0.6 is 0 Å². The molecule has 1 rings (SSSR count). The van der Waals surface area contributed by atoms with Crippen LogP contribution in [0.25, 0.3) is 0 Å². The van der Waals surface area contributed by atoms with Crippen molar-refractivity contribution < 1.29 is 14.6 Å². The minimum Gasteiger partial charge on any atom is -0.459 e. The molecule has 0 aromatic carbocycles. The van der Waals surface area contributed by atoms with Gasteiger partial charge in [-0.15, -0.1) is 0 Å². The summed E-state index contributed by atoms with van der Waals surface area (Å²) < 4.78 is 5.12. The van der Waals surface area contributed by atoms with Crippen molar-refractivity contribution in [3.05, 3.63) is 12.2 Å². The molecule has 0 saturated heterocycles. The molecule has 13 heavy (non-hydrogen) atoms. The van der Waals surface area contributed by atoms with Crippen LogP contribution in [-0.4, -0.2) is 23.3 Å². The van der Waals surface area contributed by atoms with Crippen molar-refractivity contribution in [1.29, 1.82) is 0 Å². The molecule has 1 aliphatic carbocycles. The lowest BCUT2D eigenvalue weighted by atomic mass is 9.95. The van der Waals surface area contributed by atoms with Gasteiger partial charge < -0.3 is 9.84 Å². The van der Waals surface area contributed by atoms with E-state index in [2.05, 4.69) is 6.58 Å². The monoisotopic (exact) mass is 184 g/mol. The zero-order chi connectivity index (χ0) is 9.84. The number of esters is 1. The van der Waals surface area contributed by atoms with E-state index in [0.717, 1.165) is 19.3 Å². The Morgan fingerprint density at radius 1 is 1.54 bits per heavy atom. The fourth-order valence-electron chi connectivity index (χ4n) is 1.48. The number of hydrogen-bond donors (Lipinski definition) is 1. The third-order valence-electron chi connectivity index (χ3n) is 2.22. The Labute approximate surface area is 78.4 Å². The molecule has 0 aromatic heterocycles. The predicted octanol–water partition coefficient (Wildman–Crippen LogP) is 1.41. The lowest BCUT2D eigenvalue weighted by Crippen LogP contribution is -2.28. The highest BCUT2D eigenvalue weighted by Gasteiger charge is 2.23. The minimum absolute atomic E-state index is 0.118. The lowest BCUT2D eigenvalue weighted by Gasteiger charge is -2.25. The summed E-state index contributed by atoms with van der Waals surface area (Å²) >= 11 is 0. The summed E-state index contributed by atoms with van der Waals surface area (Å²) in [6, 6.07) is 0. The minimum atomic E-state index is -0.348. The largest absolute Gasteiger partial charge is 0.459 e. The summed E-state index contributed by atoms with van der Waals surface area (Å²) in [7, 11) is 0. The van der Waals surface area contributed by atoms with E-state index < -0.39 is 0 Å². The van der Waals surface area contributed by atoms with Gasteiger partial charge in [0.05, 0.1) is 6.10 Å². The average molecular weight is 184 g/mol. The van der Waals surface area contributed by atoms with Gasteiger partial charge in [0.1, 0.15) is 6.10 Å². The van der Waals surface area contributed by atoms with Gasteiger partial charge in [-0.1, -0.05) is 6.58 Å². The summed E-state index contributed by atoms with van der Waals surface area (Å²) in [5.41, 5.74) is 0.417. The number of aliphatic hydroxyl groups is 1. The first-order chi connectivity index (χ1) is 6.09. The van der Waals surface area contributed by atoms with Crippen LogP contribution in [0.3, 0.4) is 0 Å². The molecule has 0 heterocycles. The molecule has 3 heteroatoms. The molecule has 0 aliphatic heterocycles. The SMILES string of the molecule is C=C(C)C(=O)OC1CCCC(O)C1. The van der Waals surface area contributed by atoms with Crippen molar-refractivity contribution in [2.45, 2.75) is 44.8 Å². The molecule has 0 bridgehead atoms. The molecule has 0 amide bonds. The maximum absolute atomic E-state index is 11.1. The second-order valence-corrected chi connectivity index (χ2v) is 3.63. The fourth-order valence-corrected chi connectivity index (χ4v) is 1.48. The van der Waals surface area contributed by atoms with Gasteiger partial charge in [-0.05, 0) is 26.2 Å². The van der Waals surface area contributed by atoms with Crippen LogP contribution in [0, 0.1) is 0 Å². The molecule has 0 spiro atoms. The number of carbonyl (C=O) groups excluding carboxylic acids is 1. The van der Waals surface area contributed by atoms with Gasteiger partial charge in [-0.2, -0.15) is 0 Å². The predicted molar refractivity (Wildman–Crippen MR) is 49.2 cm³/mol. The fraction of sp³-hybridized carbons (Fsp3) is 0.700. The van der Waals surface area contributed by atoms with Gasteiger partial charge in [0.2, 0.25) is 0 Å². The Kier molecular flexibility index (Phi) is 3.48. The summed E-state index contributed by atoms with van der Waals surface area (Å²) in [4.78, 5) is 11.1. The topological polar surface area (TPSA) is 46.5 Å². The first-order valence-electron chi connectivity index (χ1n) is 4.64. The van der Waals surface area contributed by atoms with Gasteiger partial charge in [0.25, 0.3) is 0 Å². The summed E-state index contributed by atoms with van der Waals surface area (Å²) in [6.07, 6.45) is 2.75. The third kappa shape index (κ3) is 3.19. The van der Waals surface area contributed by atoms with Crippen molar-refractivity contribution in [1.82, 2.24) is 0 Å². The third-order valence-corrected chi connectivity index (χ3v) is 2.22. The van der Waals surface area contributed by atoms with Gasteiger partial charge >= 0.3 is 5.97 Å². The molecule has 0 radical (unpaired) electrons. The molecule has 1 saturated carbocycles. The number of ether oxygens (including phenoxy) is 1. The molecule has 0 aromatic rings. The Hall–Kier alpha value is -0.830. The summed E-state index contributed by atoms with van der Waals surface area (Å²) in [5.74, 6) is -0.348. The zero-order valence-electron chi connectivity index (χ0n) is 7.95. The van der Waals surface area contributed by atoms with Gasteiger partial charge in [-0.25, -0.2) is 4.79 Å². The normalized spacial score (nSPS) is 28.2. The van der Waals surface area contributed by atoms with E-state index in [4.69, 9.17) is 4.74 Å². The smallest absolute Gasteiger partial charge is 0.333 e. The molecule has 74 valence electrons. The maximum Gasteiger partial charge on any atom is 0.333 e. The van der Waals surface area contributed by atoms with Crippen LogP contribution in [0.4, 0.5) is 0 Å². The van der Waals surface area contributed by atoms with E-state index in [-0.39, 0.29) is 18.2 Å². The Morgan fingerprint density at radius 2 is 2.23 bits per heavy atom. The number of rotatable bonds is 2. The molecular weight excluding hydrogens is 168 g/mol. The lowest BCUT2D eigenvalue weighted by molar-refractivity contribution is -0.147. The molecule has 1 aliphatic rings. The van der Waals surface area contributed by atoms with Crippen LogP contribution < -0.4 is 0 Å². The number of hydrogen-bond acceptors (Lipinski definition) is 3. The van der Waals surface area contributed by atoms with Crippen LogP contribution in [0.1, 0.15) is 32.6 Å². The molecule has 2 atom stereocenters. The maximum atomic E-state index is 11.1. The van der Waals surface area contributed by atoms with E-state index in [1.807, 2.05) is 0 Å². The van der Waals surface area contributed by atoms with E-state index >= 15 is 0 Å². The Morgan fingerprint density at radius 3 is 2.77 bits per heavy atom. The molecular formula is C10H16O3. The van der Waals surface area contributed by atoms with E-state index in [1.165, 1.54) is 0 Å². The highest BCUT2D eigenvalue weighted by atomic mass is 16.5. The van der Waals surface area contributed by atoms with Crippen LogP contribution in [-0.2, 0) is 9.53 Å². The van der Waals surface area contributed by atoms with E-state index in [0.29, 0.717) is 12.0 Å². The Bertz CT molecular complexity index is 210. The van der Waals surface area contributed by atoms with Crippen molar-refractivity contribution in [2.24, 2.45) is 0 Å². The quantitative estimate of drug-likeness (QED) is 0.521.